The molecule has 1 fully saturated rings. The quantitative estimate of drug-likeness (QED) is 0.897. The minimum absolute atomic E-state index is 0.299. The van der Waals surface area contributed by atoms with Crippen molar-refractivity contribution in [3.05, 3.63) is 21.3 Å². The molecule has 1 aromatic rings. The Morgan fingerprint density at radius 2 is 2.10 bits per heavy atom. The Morgan fingerprint density at radius 1 is 1.40 bits per heavy atom. The zero-order chi connectivity index (χ0) is 14.9. The maximum atomic E-state index is 6.07. The van der Waals surface area contributed by atoms with Crippen LogP contribution in [0.15, 0.2) is 12.1 Å². The summed E-state index contributed by atoms with van der Waals surface area (Å²) in [5, 5.41) is 3.75. The summed E-state index contributed by atoms with van der Waals surface area (Å²) >= 11 is 7.77. The topological polar surface area (TPSA) is 15.3 Å². The summed E-state index contributed by atoms with van der Waals surface area (Å²) in [6.45, 7) is 14.8. The second-order valence-corrected chi connectivity index (χ2v) is 9.07. The molecule has 0 aromatic carbocycles. The van der Waals surface area contributed by atoms with Crippen LogP contribution in [0.3, 0.4) is 0 Å². The fourth-order valence-corrected chi connectivity index (χ4v) is 4.00. The first-order chi connectivity index (χ1) is 9.27. The van der Waals surface area contributed by atoms with Gasteiger partial charge in [0.15, 0.2) is 0 Å². The normalized spacial score (nSPS) is 25.4. The van der Waals surface area contributed by atoms with Crippen molar-refractivity contribution in [1.82, 2.24) is 10.2 Å². The smallest absolute Gasteiger partial charge is 0.0931 e. The second kappa shape index (κ2) is 6.35. The predicted octanol–water partition coefficient (Wildman–Crippen LogP) is 4.25. The fraction of sp³-hybridized carbons (Fsp3) is 0.750. The summed E-state index contributed by atoms with van der Waals surface area (Å²) in [5.41, 5.74) is 0.299. The number of hydrogen-bond acceptors (Lipinski definition) is 3. The SMILES string of the molecule is CC(C)C1CNC(C(C)(C)C)CN1Cc1ccc(Cl)s1. The van der Waals surface area contributed by atoms with E-state index in [0.29, 0.717) is 23.4 Å². The van der Waals surface area contributed by atoms with Crippen molar-refractivity contribution < 1.29 is 0 Å². The average Bonchev–Trinajstić information content (AvgIpc) is 2.73. The van der Waals surface area contributed by atoms with Crippen LogP contribution in [0.1, 0.15) is 39.5 Å². The van der Waals surface area contributed by atoms with Crippen molar-refractivity contribution >= 4 is 22.9 Å². The van der Waals surface area contributed by atoms with E-state index >= 15 is 0 Å². The molecule has 0 radical (unpaired) electrons. The van der Waals surface area contributed by atoms with Crippen molar-refractivity contribution in [1.29, 1.82) is 0 Å². The maximum Gasteiger partial charge on any atom is 0.0931 e. The standard InChI is InChI=1S/C16H27ClN2S/c1-11(2)13-8-18-14(16(3,4)5)10-19(13)9-12-6-7-15(17)20-12/h6-7,11,13-14,18H,8-10H2,1-5H3. The van der Waals surface area contributed by atoms with E-state index in [-0.39, 0.29) is 0 Å². The zero-order valence-electron chi connectivity index (χ0n) is 13.2. The summed E-state index contributed by atoms with van der Waals surface area (Å²) in [6, 6.07) is 5.33. The van der Waals surface area contributed by atoms with Crippen LogP contribution in [-0.2, 0) is 6.54 Å². The third-order valence-corrected chi connectivity index (χ3v) is 5.48. The second-order valence-electron chi connectivity index (χ2n) is 7.27. The Bertz CT molecular complexity index is 436. The highest BCUT2D eigenvalue weighted by Gasteiger charge is 2.35. The summed E-state index contributed by atoms with van der Waals surface area (Å²) in [4.78, 5) is 4.01. The van der Waals surface area contributed by atoms with Crippen molar-refractivity contribution in [2.75, 3.05) is 13.1 Å². The van der Waals surface area contributed by atoms with Crippen LogP contribution in [-0.4, -0.2) is 30.1 Å². The molecule has 20 heavy (non-hydrogen) atoms. The first-order valence-electron chi connectivity index (χ1n) is 7.49. The Morgan fingerprint density at radius 3 is 2.60 bits per heavy atom. The van der Waals surface area contributed by atoms with Gasteiger partial charge in [-0.2, -0.15) is 0 Å². The highest BCUT2D eigenvalue weighted by molar-refractivity contribution is 7.16. The third kappa shape index (κ3) is 3.97. The van der Waals surface area contributed by atoms with Gasteiger partial charge in [0.2, 0.25) is 0 Å². The van der Waals surface area contributed by atoms with Crippen molar-refractivity contribution in [3.63, 3.8) is 0 Å². The number of halogens is 1. The molecule has 1 aliphatic rings. The molecule has 114 valence electrons. The molecule has 0 aliphatic carbocycles. The summed E-state index contributed by atoms with van der Waals surface area (Å²) in [7, 11) is 0. The van der Waals surface area contributed by atoms with E-state index in [2.05, 4.69) is 50.9 Å². The molecule has 4 heteroatoms. The zero-order valence-corrected chi connectivity index (χ0v) is 14.8. The lowest BCUT2D eigenvalue weighted by molar-refractivity contribution is 0.0580. The number of piperazine rings is 1. The number of nitrogens with one attached hydrogen (secondary N) is 1. The van der Waals surface area contributed by atoms with E-state index < -0.39 is 0 Å². The lowest BCUT2D eigenvalue weighted by Crippen LogP contribution is -2.61. The fourth-order valence-electron chi connectivity index (χ4n) is 2.88. The third-order valence-electron chi connectivity index (χ3n) is 4.26. The number of hydrogen-bond donors (Lipinski definition) is 1. The van der Waals surface area contributed by atoms with Crippen LogP contribution in [0.4, 0.5) is 0 Å². The molecule has 2 rings (SSSR count). The molecule has 1 aromatic heterocycles. The molecule has 0 amide bonds. The Labute approximate surface area is 132 Å². The first kappa shape index (κ1) is 16.3. The van der Waals surface area contributed by atoms with E-state index in [1.807, 2.05) is 6.07 Å². The Hall–Kier alpha value is -0.0900. The van der Waals surface area contributed by atoms with Gasteiger partial charge >= 0.3 is 0 Å². The molecule has 1 aliphatic heterocycles. The van der Waals surface area contributed by atoms with Gasteiger partial charge in [0.1, 0.15) is 0 Å². The van der Waals surface area contributed by atoms with Crippen LogP contribution < -0.4 is 5.32 Å². The molecular weight excluding hydrogens is 288 g/mol. The predicted molar refractivity (Wildman–Crippen MR) is 89.6 cm³/mol. The van der Waals surface area contributed by atoms with Gasteiger partial charge in [0, 0.05) is 36.6 Å². The van der Waals surface area contributed by atoms with E-state index in [4.69, 9.17) is 11.6 Å². The minimum atomic E-state index is 0.299. The van der Waals surface area contributed by atoms with Gasteiger partial charge in [0.25, 0.3) is 0 Å². The largest absolute Gasteiger partial charge is 0.311 e. The molecule has 0 saturated carbocycles. The van der Waals surface area contributed by atoms with Crippen LogP contribution in [0, 0.1) is 11.3 Å². The number of rotatable bonds is 3. The van der Waals surface area contributed by atoms with E-state index in [9.17, 15) is 0 Å². The molecular formula is C16H27ClN2S. The minimum Gasteiger partial charge on any atom is -0.311 e. The summed E-state index contributed by atoms with van der Waals surface area (Å²) in [6.07, 6.45) is 0. The lowest BCUT2D eigenvalue weighted by Gasteiger charge is -2.46. The van der Waals surface area contributed by atoms with Crippen molar-refractivity contribution in [2.24, 2.45) is 11.3 Å². The van der Waals surface area contributed by atoms with Crippen LogP contribution in [0.5, 0.6) is 0 Å². The van der Waals surface area contributed by atoms with E-state index in [1.165, 1.54) is 4.88 Å². The monoisotopic (exact) mass is 314 g/mol. The summed E-state index contributed by atoms with van der Waals surface area (Å²) < 4.78 is 0.892. The van der Waals surface area contributed by atoms with Crippen LogP contribution in [0.2, 0.25) is 4.34 Å². The highest BCUT2D eigenvalue weighted by Crippen LogP contribution is 2.29. The number of nitrogens with zero attached hydrogens (tertiary/aromatic N) is 1. The van der Waals surface area contributed by atoms with Gasteiger partial charge in [-0.1, -0.05) is 46.2 Å². The number of thiophene rings is 1. The van der Waals surface area contributed by atoms with Gasteiger partial charge < -0.3 is 5.32 Å². The van der Waals surface area contributed by atoms with E-state index in [1.54, 1.807) is 11.3 Å². The average molecular weight is 315 g/mol. The van der Waals surface area contributed by atoms with Gasteiger partial charge in [0.05, 0.1) is 4.34 Å². The molecule has 2 unspecified atom stereocenters. The van der Waals surface area contributed by atoms with Crippen molar-refractivity contribution in [2.45, 2.75) is 53.2 Å². The Balaban J connectivity index is 2.10. The molecule has 0 bridgehead atoms. The highest BCUT2D eigenvalue weighted by atomic mass is 35.5. The van der Waals surface area contributed by atoms with Gasteiger partial charge in [-0.05, 0) is 23.5 Å². The molecule has 2 heterocycles. The van der Waals surface area contributed by atoms with Gasteiger partial charge in [-0.15, -0.1) is 11.3 Å². The molecule has 2 nitrogen and oxygen atoms in total. The molecule has 1 saturated heterocycles. The summed E-state index contributed by atoms with van der Waals surface area (Å²) in [5.74, 6) is 0.666. The first-order valence-corrected chi connectivity index (χ1v) is 8.68. The van der Waals surface area contributed by atoms with Crippen LogP contribution in [0.25, 0.3) is 0 Å². The Kier molecular flexibility index (Phi) is 5.17. The maximum absolute atomic E-state index is 6.07. The molecule has 2 atom stereocenters. The van der Waals surface area contributed by atoms with Gasteiger partial charge in [-0.25, -0.2) is 0 Å². The van der Waals surface area contributed by atoms with Crippen LogP contribution >= 0.6 is 22.9 Å². The molecule has 1 N–H and O–H groups in total. The van der Waals surface area contributed by atoms with E-state index in [0.717, 1.165) is 24.0 Å². The molecule has 0 spiro atoms. The van der Waals surface area contributed by atoms with Crippen molar-refractivity contribution in [3.8, 4) is 0 Å². The van der Waals surface area contributed by atoms with Gasteiger partial charge in [-0.3, -0.25) is 4.90 Å². The lowest BCUT2D eigenvalue weighted by atomic mass is 9.83.